The van der Waals surface area contributed by atoms with Gasteiger partial charge in [0, 0.05) is 19.0 Å². The number of nitrogens with zero attached hydrogens (tertiary/aromatic N) is 4. The van der Waals surface area contributed by atoms with Gasteiger partial charge in [-0.1, -0.05) is 24.6 Å². The molecular weight excluding hydrogens is 337 g/mol. The van der Waals surface area contributed by atoms with Gasteiger partial charge in [-0.2, -0.15) is 5.26 Å². The predicted molar refractivity (Wildman–Crippen MR) is 97.2 cm³/mol. The lowest BCUT2D eigenvalue weighted by Gasteiger charge is -2.16. The Hall–Kier alpha value is -2.07. The van der Waals surface area contributed by atoms with Gasteiger partial charge in [-0.3, -0.25) is 0 Å². The molecule has 0 atom stereocenters. The number of benzene rings is 1. The summed E-state index contributed by atoms with van der Waals surface area (Å²) in [5.74, 6) is 0.647. The van der Waals surface area contributed by atoms with Crippen LogP contribution in [0, 0.1) is 17.1 Å². The van der Waals surface area contributed by atoms with Gasteiger partial charge in [0.1, 0.15) is 17.7 Å². The molecule has 1 aliphatic rings. The van der Waals surface area contributed by atoms with Gasteiger partial charge in [-0.15, -0.1) is 10.2 Å². The first-order chi connectivity index (χ1) is 12.2. The molecular formula is C18H22FN5S. The third kappa shape index (κ3) is 4.13. The summed E-state index contributed by atoms with van der Waals surface area (Å²) >= 11 is 1.65. The van der Waals surface area contributed by atoms with Crippen LogP contribution >= 0.6 is 11.8 Å². The van der Waals surface area contributed by atoms with Gasteiger partial charge in [0.25, 0.3) is 0 Å². The van der Waals surface area contributed by atoms with Crippen molar-refractivity contribution in [2.24, 2.45) is 0 Å². The van der Waals surface area contributed by atoms with Gasteiger partial charge in [0.2, 0.25) is 0 Å². The van der Waals surface area contributed by atoms with E-state index in [-0.39, 0.29) is 0 Å². The van der Waals surface area contributed by atoms with Crippen molar-refractivity contribution in [3.8, 4) is 6.07 Å². The monoisotopic (exact) mass is 359 g/mol. The van der Waals surface area contributed by atoms with Gasteiger partial charge in [-0.25, -0.2) is 4.39 Å². The highest BCUT2D eigenvalue weighted by atomic mass is 32.2. The summed E-state index contributed by atoms with van der Waals surface area (Å²) in [6.07, 6.45) is 8.72. The summed E-state index contributed by atoms with van der Waals surface area (Å²) in [6, 6.07) is 6.78. The summed E-state index contributed by atoms with van der Waals surface area (Å²) in [7, 11) is 0. The summed E-state index contributed by atoms with van der Waals surface area (Å²) in [5, 5.41) is 22.0. The van der Waals surface area contributed by atoms with Crippen LogP contribution in [-0.2, 0) is 6.42 Å². The minimum Gasteiger partial charge on any atom is -0.384 e. The Balaban J connectivity index is 1.59. The number of rotatable bonds is 7. The van der Waals surface area contributed by atoms with Gasteiger partial charge < -0.3 is 9.88 Å². The van der Waals surface area contributed by atoms with Crippen LogP contribution < -0.4 is 5.32 Å². The Labute approximate surface area is 151 Å². The molecule has 7 heteroatoms. The van der Waals surface area contributed by atoms with Gasteiger partial charge in [0.05, 0.1) is 11.3 Å². The van der Waals surface area contributed by atoms with Crippen LogP contribution in [0.2, 0.25) is 0 Å². The van der Waals surface area contributed by atoms with Crippen LogP contribution in [0.1, 0.15) is 49.5 Å². The molecule has 2 aromatic rings. The molecule has 0 bridgehead atoms. The van der Waals surface area contributed by atoms with Crippen LogP contribution in [-0.4, -0.2) is 27.6 Å². The number of anilines is 1. The molecule has 5 nitrogen and oxygen atoms in total. The highest BCUT2D eigenvalue weighted by Gasteiger charge is 2.23. The SMILES string of the molecule is CSc1nnc(CCCNc2ccc(F)cc2C#N)n1C1CCCC1. The molecule has 0 unspecified atom stereocenters. The van der Waals surface area contributed by atoms with Crippen molar-refractivity contribution in [3.63, 3.8) is 0 Å². The zero-order chi connectivity index (χ0) is 17.6. The predicted octanol–water partition coefficient (Wildman–Crippen LogP) is 4.17. The quantitative estimate of drug-likeness (QED) is 0.594. The average Bonchev–Trinajstić information content (AvgIpc) is 3.28. The maximum atomic E-state index is 13.2. The van der Waals surface area contributed by atoms with Crippen molar-refractivity contribution in [2.45, 2.75) is 49.7 Å². The van der Waals surface area contributed by atoms with Crippen molar-refractivity contribution in [1.82, 2.24) is 14.8 Å². The molecule has 1 heterocycles. The molecule has 1 aliphatic carbocycles. The molecule has 1 fully saturated rings. The smallest absolute Gasteiger partial charge is 0.191 e. The maximum Gasteiger partial charge on any atom is 0.191 e. The third-order valence-corrected chi connectivity index (χ3v) is 5.25. The highest BCUT2D eigenvalue weighted by molar-refractivity contribution is 7.98. The zero-order valence-electron chi connectivity index (χ0n) is 14.3. The van der Waals surface area contributed by atoms with E-state index in [0.29, 0.717) is 23.8 Å². The Morgan fingerprint density at radius 2 is 2.16 bits per heavy atom. The number of aromatic nitrogens is 3. The van der Waals surface area contributed by atoms with Gasteiger partial charge >= 0.3 is 0 Å². The summed E-state index contributed by atoms with van der Waals surface area (Å²) < 4.78 is 15.5. The largest absolute Gasteiger partial charge is 0.384 e. The molecule has 1 N–H and O–H groups in total. The molecule has 0 amide bonds. The van der Waals surface area contributed by atoms with Crippen LogP contribution in [0.3, 0.4) is 0 Å². The van der Waals surface area contributed by atoms with E-state index in [9.17, 15) is 4.39 Å². The molecule has 1 saturated carbocycles. The fourth-order valence-electron chi connectivity index (χ4n) is 3.38. The first-order valence-electron chi connectivity index (χ1n) is 8.64. The summed E-state index contributed by atoms with van der Waals surface area (Å²) in [4.78, 5) is 0. The Morgan fingerprint density at radius 1 is 1.36 bits per heavy atom. The van der Waals surface area contributed by atoms with Crippen LogP contribution in [0.5, 0.6) is 0 Å². The number of nitrogens with one attached hydrogen (secondary N) is 1. The lowest BCUT2D eigenvalue weighted by molar-refractivity contribution is 0.461. The van der Waals surface area contributed by atoms with E-state index in [1.165, 1.54) is 37.8 Å². The number of hydrogen-bond donors (Lipinski definition) is 1. The molecule has 1 aromatic heterocycles. The minimum absolute atomic E-state index is 0.332. The second-order valence-electron chi connectivity index (χ2n) is 6.24. The van der Waals surface area contributed by atoms with E-state index >= 15 is 0 Å². The second-order valence-corrected chi connectivity index (χ2v) is 7.02. The fourth-order valence-corrected chi connectivity index (χ4v) is 3.95. The Kier molecular flexibility index (Phi) is 5.92. The number of thioether (sulfide) groups is 1. The summed E-state index contributed by atoms with van der Waals surface area (Å²) in [5.41, 5.74) is 1.00. The van der Waals surface area contributed by atoms with Crippen molar-refractivity contribution < 1.29 is 4.39 Å². The molecule has 25 heavy (non-hydrogen) atoms. The van der Waals surface area contributed by atoms with Crippen LogP contribution in [0.15, 0.2) is 23.4 Å². The van der Waals surface area contributed by atoms with Gasteiger partial charge in [-0.05, 0) is 43.7 Å². The van der Waals surface area contributed by atoms with Crippen LogP contribution in [0.25, 0.3) is 0 Å². The van der Waals surface area contributed by atoms with Crippen molar-refractivity contribution in [2.75, 3.05) is 18.1 Å². The van der Waals surface area contributed by atoms with Crippen LogP contribution in [0.4, 0.5) is 10.1 Å². The number of nitriles is 1. The first kappa shape index (κ1) is 17.7. The number of halogens is 1. The third-order valence-electron chi connectivity index (χ3n) is 4.60. The lowest BCUT2D eigenvalue weighted by Crippen LogP contribution is -2.12. The fraction of sp³-hybridized carbons (Fsp3) is 0.500. The molecule has 0 spiro atoms. The highest BCUT2D eigenvalue weighted by Crippen LogP contribution is 2.33. The van der Waals surface area contributed by atoms with E-state index in [0.717, 1.165) is 23.8 Å². The maximum absolute atomic E-state index is 13.2. The molecule has 0 saturated heterocycles. The van der Waals surface area contributed by atoms with E-state index < -0.39 is 5.82 Å². The Bertz CT molecular complexity index is 761. The number of aryl methyl sites for hydroxylation is 1. The van der Waals surface area contributed by atoms with E-state index in [1.54, 1.807) is 17.8 Å². The second kappa shape index (κ2) is 8.34. The molecule has 132 valence electrons. The molecule has 0 radical (unpaired) electrons. The Morgan fingerprint density at radius 3 is 2.88 bits per heavy atom. The van der Waals surface area contributed by atoms with Crippen molar-refractivity contribution in [3.05, 3.63) is 35.4 Å². The van der Waals surface area contributed by atoms with Crippen molar-refractivity contribution >= 4 is 17.4 Å². The topological polar surface area (TPSA) is 66.5 Å². The summed E-state index contributed by atoms with van der Waals surface area (Å²) in [6.45, 7) is 0.701. The first-order valence-corrected chi connectivity index (χ1v) is 9.86. The molecule has 1 aromatic carbocycles. The van der Waals surface area contributed by atoms with Crippen molar-refractivity contribution in [1.29, 1.82) is 5.26 Å². The lowest BCUT2D eigenvalue weighted by atomic mass is 10.2. The van der Waals surface area contributed by atoms with E-state index in [4.69, 9.17) is 5.26 Å². The number of hydrogen-bond acceptors (Lipinski definition) is 5. The van der Waals surface area contributed by atoms with E-state index in [1.807, 2.05) is 12.3 Å². The normalized spacial score (nSPS) is 14.6. The standard InChI is InChI=1S/C18H22FN5S/c1-25-18-23-22-17(24(18)15-5-2-3-6-15)7-4-10-21-16-9-8-14(19)11-13(16)12-20/h8-9,11,15,21H,2-7,10H2,1H3. The molecule has 3 rings (SSSR count). The molecule has 0 aliphatic heterocycles. The zero-order valence-corrected chi connectivity index (χ0v) is 15.2. The van der Waals surface area contributed by atoms with E-state index in [2.05, 4.69) is 20.1 Å². The average molecular weight is 359 g/mol. The minimum atomic E-state index is -0.392. The van der Waals surface area contributed by atoms with Gasteiger partial charge in [0.15, 0.2) is 5.16 Å².